The summed E-state index contributed by atoms with van der Waals surface area (Å²) in [6.07, 6.45) is 5.20. The summed E-state index contributed by atoms with van der Waals surface area (Å²) in [7, 11) is 0. The highest BCUT2D eigenvalue weighted by molar-refractivity contribution is 5.85. The average molecular weight is 308 g/mol. The molecule has 4 heteroatoms. The van der Waals surface area contributed by atoms with Gasteiger partial charge in [-0.3, -0.25) is 0 Å². The molecule has 2 aliphatic rings. The van der Waals surface area contributed by atoms with Gasteiger partial charge < -0.3 is 15.2 Å². The van der Waals surface area contributed by atoms with E-state index in [0.717, 1.165) is 23.2 Å². The van der Waals surface area contributed by atoms with Crippen LogP contribution in [0.3, 0.4) is 0 Å². The lowest BCUT2D eigenvalue weighted by Crippen LogP contribution is -2.29. The molecule has 1 N–H and O–H groups in total. The van der Waals surface area contributed by atoms with Crippen LogP contribution in [0.4, 0.5) is 10.1 Å². The van der Waals surface area contributed by atoms with Crippen LogP contribution in [0.1, 0.15) is 39.9 Å². The van der Waals surface area contributed by atoms with E-state index in [0.29, 0.717) is 5.92 Å². The minimum absolute atomic E-state index is 0.0729. The van der Waals surface area contributed by atoms with Crippen LogP contribution < -0.4 is 10.4 Å². The van der Waals surface area contributed by atoms with Gasteiger partial charge in [-0.1, -0.05) is 36.4 Å². The molecule has 0 spiro atoms. The van der Waals surface area contributed by atoms with E-state index in [1.54, 1.807) is 24.3 Å². The van der Waals surface area contributed by atoms with Gasteiger partial charge in [0.25, 0.3) is 0 Å². The second kappa shape index (κ2) is 5.23. The topological polar surface area (TPSA) is 52.2 Å². The molecule has 0 unspecified atom stereocenters. The van der Waals surface area contributed by atoms with E-state index < -0.39 is 5.97 Å². The van der Waals surface area contributed by atoms with Gasteiger partial charge in [0.2, 0.25) is 0 Å². The third-order valence-corrected chi connectivity index (χ3v) is 4.83. The lowest BCUT2D eigenvalue weighted by Gasteiger charge is -2.37. The summed E-state index contributed by atoms with van der Waals surface area (Å²) < 4.78 is 13.6. The fourth-order valence-corrected chi connectivity index (χ4v) is 3.72. The summed E-state index contributed by atoms with van der Waals surface area (Å²) in [5.74, 6) is -0.901. The Morgan fingerprint density at radius 3 is 2.70 bits per heavy atom. The number of carbonyl (C=O) groups is 1. The van der Waals surface area contributed by atoms with E-state index >= 15 is 0 Å². The summed E-state index contributed by atoms with van der Waals surface area (Å²) in [5, 5.41) is 14.4. The monoisotopic (exact) mass is 308 g/mol. The number of hydrogen-bond donors (Lipinski definition) is 1. The number of carboxylic acid groups (broad SMARTS) is 1. The maximum absolute atomic E-state index is 13.6. The number of rotatable bonds is 2. The van der Waals surface area contributed by atoms with Gasteiger partial charge in [0, 0.05) is 11.6 Å². The van der Waals surface area contributed by atoms with Crippen LogP contribution in [0.5, 0.6) is 0 Å². The molecule has 1 aliphatic heterocycles. The molecule has 1 aliphatic carbocycles. The fraction of sp³-hybridized carbons (Fsp3) is 0.211. The van der Waals surface area contributed by atoms with Crippen molar-refractivity contribution in [2.75, 3.05) is 5.32 Å². The Kier molecular flexibility index (Phi) is 3.18. The van der Waals surface area contributed by atoms with E-state index in [9.17, 15) is 14.3 Å². The molecule has 1 heterocycles. The van der Waals surface area contributed by atoms with E-state index in [2.05, 4.69) is 17.5 Å². The summed E-state index contributed by atoms with van der Waals surface area (Å²) in [4.78, 5) is 10.9. The molecule has 116 valence electrons. The lowest BCUT2D eigenvalue weighted by molar-refractivity contribution is -0.255. The van der Waals surface area contributed by atoms with Crippen LogP contribution in [0.15, 0.2) is 54.6 Å². The molecule has 0 aromatic heterocycles. The Bertz CT molecular complexity index is 798. The van der Waals surface area contributed by atoms with Gasteiger partial charge in [0.1, 0.15) is 5.82 Å². The molecule has 3 nitrogen and oxygen atoms in total. The molecule has 0 fully saturated rings. The molecular formula is C19H15FNO2-. The largest absolute Gasteiger partial charge is 0.545 e. The van der Waals surface area contributed by atoms with Crippen molar-refractivity contribution in [1.29, 1.82) is 0 Å². The Morgan fingerprint density at radius 2 is 1.96 bits per heavy atom. The van der Waals surface area contributed by atoms with Crippen LogP contribution in [-0.2, 0) is 0 Å². The number of carboxylic acids is 1. The number of hydrogen-bond acceptors (Lipinski definition) is 3. The minimum Gasteiger partial charge on any atom is -0.545 e. The number of nitrogens with one attached hydrogen (secondary N) is 1. The number of allylic oxidation sites excluding steroid dienone is 2. The molecule has 3 atom stereocenters. The molecule has 2 aromatic rings. The maximum Gasteiger partial charge on any atom is 0.123 e. The van der Waals surface area contributed by atoms with Crippen molar-refractivity contribution in [3.05, 3.63) is 77.1 Å². The van der Waals surface area contributed by atoms with Gasteiger partial charge in [0.15, 0.2) is 0 Å². The first-order valence-electron chi connectivity index (χ1n) is 7.67. The van der Waals surface area contributed by atoms with Crippen molar-refractivity contribution in [1.82, 2.24) is 0 Å². The summed E-state index contributed by atoms with van der Waals surface area (Å²) in [6, 6.07) is 11.7. The van der Waals surface area contributed by atoms with Crippen molar-refractivity contribution >= 4 is 11.7 Å². The second-order valence-corrected chi connectivity index (χ2v) is 6.12. The molecular weight excluding hydrogens is 293 g/mol. The van der Waals surface area contributed by atoms with Gasteiger partial charge in [-0.25, -0.2) is 4.39 Å². The molecule has 23 heavy (non-hydrogen) atoms. The van der Waals surface area contributed by atoms with Crippen LogP contribution in [-0.4, -0.2) is 5.97 Å². The smallest absolute Gasteiger partial charge is 0.123 e. The van der Waals surface area contributed by atoms with Gasteiger partial charge in [-0.05, 0) is 47.2 Å². The van der Waals surface area contributed by atoms with E-state index in [1.165, 1.54) is 6.07 Å². The van der Waals surface area contributed by atoms with Crippen LogP contribution in [0.25, 0.3) is 0 Å². The zero-order valence-corrected chi connectivity index (χ0v) is 12.3. The second-order valence-electron chi connectivity index (χ2n) is 6.12. The number of fused-ring (bicyclic) bond motifs is 3. The first-order chi connectivity index (χ1) is 11.1. The number of halogens is 1. The van der Waals surface area contributed by atoms with Crippen LogP contribution in [0.2, 0.25) is 0 Å². The Morgan fingerprint density at radius 1 is 1.17 bits per heavy atom. The van der Waals surface area contributed by atoms with Crippen molar-refractivity contribution in [2.24, 2.45) is 5.92 Å². The molecule has 0 saturated heterocycles. The summed E-state index contributed by atoms with van der Waals surface area (Å²) in [5.41, 5.74) is 3.14. The molecule has 4 rings (SSSR count). The van der Waals surface area contributed by atoms with E-state index in [1.807, 2.05) is 12.1 Å². The lowest BCUT2D eigenvalue weighted by atomic mass is 9.77. The van der Waals surface area contributed by atoms with Crippen molar-refractivity contribution in [3.8, 4) is 0 Å². The SMILES string of the molecule is O=C([O-])c1ccc([C@@H]2Nc3ccc(F)cc3[C@@H]3C=CC[C@H]32)cc1. The zero-order valence-electron chi connectivity index (χ0n) is 12.3. The predicted octanol–water partition coefficient (Wildman–Crippen LogP) is 3.02. The highest BCUT2D eigenvalue weighted by Gasteiger charge is 2.37. The van der Waals surface area contributed by atoms with E-state index in [-0.39, 0.29) is 23.3 Å². The molecule has 2 aromatic carbocycles. The standard InChI is InChI=1S/C19H16FNO2/c20-13-8-9-17-16(10-13)14-2-1-3-15(14)18(21-17)11-4-6-12(7-5-11)19(22)23/h1-2,4-10,14-15,18,21H,3H2,(H,22,23)/p-1/t14-,15-,18+/m1/s1. The van der Waals surface area contributed by atoms with Crippen molar-refractivity contribution in [3.63, 3.8) is 0 Å². The Balaban J connectivity index is 1.73. The first kappa shape index (κ1) is 14.0. The zero-order chi connectivity index (χ0) is 16.0. The third kappa shape index (κ3) is 2.31. The highest BCUT2D eigenvalue weighted by atomic mass is 19.1. The Hall–Kier alpha value is -2.62. The number of aromatic carboxylic acids is 1. The van der Waals surface area contributed by atoms with Crippen LogP contribution in [0, 0.1) is 11.7 Å². The summed E-state index contributed by atoms with van der Waals surface area (Å²) >= 11 is 0. The van der Waals surface area contributed by atoms with Gasteiger partial charge in [-0.15, -0.1) is 0 Å². The molecule has 0 radical (unpaired) electrons. The van der Waals surface area contributed by atoms with Crippen molar-refractivity contribution in [2.45, 2.75) is 18.4 Å². The fourth-order valence-electron chi connectivity index (χ4n) is 3.72. The van der Waals surface area contributed by atoms with Gasteiger partial charge >= 0.3 is 0 Å². The molecule has 0 amide bonds. The Labute approximate surface area is 133 Å². The number of anilines is 1. The minimum atomic E-state index is -1.17. The number of benzene rings is 2. The molecule has 0 bridgehead atoms. The van der Waals surface area contributed by atoms with E-state index in [4.69, 9.17) is 0 Å². The molecule has 0 saturated carbocycles. The summed E-state index contributed by atoms with van der Waals surface area (Å²) in [6.45, 7) is 0. The number of carbonyl (C=O) groups excluding carboxylic acids is 1. The average Bonchev–Trinajstić information content (AvgIpc) is 3.04. The third-order valence-electron chi connectivity index (χ3n) is 4.83. The normalized spacial score (nSPS) is 24.7. The van der Waals surface area contributed by atoms with Crippen LogP contribution >= 0.6 is 0 Å². The van der Waals surface area contributed by atoms with Crippen molar-refractivity contribution < 1.29 is 14.3 Å². The maximum atomic E-state index is 13.6. The van der Waals surface area contributed by atoms with Gasteiger partial charge in [0.05, 0.1) is 12.0 Å². The highest BCUT2D eigenvalue weighted by Crippen LogP contribution is 2.49. The first-order valence-corrected chi connectivity index (χ1v) is 7.67. The van der Waals surface area contributed by atoms with Gasteiger partial charge in [-0.2, -0.15) is 0 Å². The quantitative estimate of drug-likeness (QED) is 0.868. The predicted molar refractivity (Wildman–Crippen MR) is 83.5 cm³/mol.